The molecule has 0 aromatic carbocycles. The van der Waals surface area contributed by atoms with Gasteiger partial charge in [-0.25, -0.2) is 4.98 Å². The number of aryl methyl sites for hydroxylation is 1. The fourth-order valence-corrected chi connectivity index (χ4v) is 1.91. The zero-order valence-electron chi connectivity index (χ0n) is 8.13. The van der Waals surface area contributed by atoms with E-state index in [0.717, 1.165) is 24.6 Å². The summed E-state index contributed by atoms with van der Waals surface area (Å²) >= 11 is 5.80. The number of nitrogens with two attached hydrogens (primary N) is 1. The molecule has 0 bridgehead atoms. The van der Waals surface area contributed by atoms with E-state index in [-0.39, 0.29) is 5.28 Å². The minimum Gasteiger partial charge on any atom is -0.394 e. The smallest absolute Gasteiger partial charge is 0.224 e. The average Bonchev–Trinajstić information content (AvgIpc) is 2.63. The molecule has 0 spiro atoms. The minimum absolute atomic E-state index is 0.276. The highest BCUT2D eigenvalue weighted by Gasteiger charge is 2.18. The Hall–Kier alpha value is -1.03. The Labute approximate surface area is 88.1 Å². The Balaban J connectivity index is 2.40. The second-order valence-electron chi connectivity index (χ2n) is 3.51. The maximum Gasteiger partial charge on any atom is 0.224 e. The van der Waals surface area contributed by atoms with Gasteiger partial charge in [0.1, 0.15) is 0 Å². The van der Waals surface area contributed by atoms with Crippen molar-refractivity contribution in [2.24, 2.45) is 0 Å². The first-order valence-corrected chi connectivity index (χ1v) is 5.11. The monoisotopic (exact) mass is 212 g/mol. The molecule has 1 fully saturated rings. The maximum atomic E-state index is 5.91. The number of hydrogen-bond acceptors (Lipinski definition) is 4. The van der Waals surface area contributed by atoms with Crippen LogP contribution in [0.4, 0.5) is 11.5 Å². The second kappa shape index (κ2) is 3.61. The van der Waals surface area contributed by atoms with E-state index in [9.17, 15) is 0 Å². The first-order valence-electron chi connectivity index (χ1n) is 4.73. The summed E-state index contributed by atoms with van der Waals surface area (Å²) in [7, 11) is 0. The quantitative estimate of drug-likeness (QED) is 0.719. The van der Waals surface area contributed by atoms with Crippen LogP contribution in [0.2, 0.25) is 5.28 Å². The molecule has 1 saturated heterocycles. The highest BCUT2D eigenvalue weighted by Crippen LogP contribution is 2.27. The Bertz CT molecular complexity index is 347. The number of aromatic nitrogens is 2. The van der Waals surface area contributed by atoms with Crippen molar-refractivity contribution in [2.45, 2.75) is 19.8 Å². The van der Waals surface area contributed by atoms with Gasteiger partial charge in [0.05, 0.1) is 11.4 Å². The zero-order chi connectivity index (χ0) is 10.1. The van der Waals surface area contributed by atoms with Crippen LogP contribution in [0.5, 0.6) is 0 Å². The van der Waals surface area contributed by atoms with Gasteiger partial charge < -0.3 is 10.6 Å². The predicted molar refractivity (Wildman–Crippen MR) is 57.6 cm³/mol. The number of rotatable bonds is 1. The third kappa shape index (κ3) is 1.62. The fraction of sp³-hybridized carbons (Fsp3) is 0.556. The summed E-state index contributed by atoms with van der Waals surface area (Å²) in [4.78, 5) is 10.3. The summed E-state index contributed by atoms with van der Waals surface area (Å²) in [5, 5.41) is 0.276. The highest BCUT2D eigenvalue weighted by atomic mass is 35.5. The number of nitrogens with zero attached hydrogens (tertiary/aromatic N) is 3. The largest absolute Gasteiger partial charge is 0.394 e. The summed E-state index contributed by atoms with van der Waals surface area (Å²) in [5.41, 5.74) is 7.31. The summed E-state index contributed by atoms with van der Waals surface area (Å²) in [6.45, 7) is 3.87. The average molecular weight is 213 g/mol. The van der Waals surface area contributed by atoms with Crippen LogP contribution in [0, 0.1) is 6.92 Å². The number of halogens is 1. The van der Waals surface area contributed by atoms with Crippen LogP contribution in [-0.2, 0) is 0 Å². The lowest BCUT2D eigenvalue weighted by molar-refractivity contribution is 0.924. The molecule has 1 aromatic heterocycles. The molecule has 0 amide bonds. The minimum atomic E-state index is 0.276. The first kappa shape index (κ1) is 9.52. The Kier molecular flexibility index (Phi) is 2.46. The molecule has 1 aliphatic rings. The van der Waals surface area contributed by atoms with Gasteiger partial charge in [-0.3, -0.25) is 0 Å². The van der Waals surface area contributed by atoms with E-state index in [1.54, 1.807) is 0 Å². The van der Waals surface area contributed by atoms with Crippen LogP contribution in [0.15, 0.2) is 0 Å². The summed E-state index contributed by atoms with van der Waals surface area (Å²) in [5.74, 6) is 0.792. The van der Waals surface area contributed by atoms with E-state index >= 15 is 0 Å². The summed E-state index contributed by atoms with van der Waals surface area (Å²) in [6.07, 6.45) is 2.39. The summed E-state index contributed by atoms with van der Waals surface area (Å²) in [6, 6.07) is 0. The van der Waals surface area contributed by atoms with E-state index in [2.05, 4.69) is 14.9 Å². The van der Waals surface area contributed by atoms with Crippen molar-refractivity contribution in [1.82, 2.24) is 9.97 Å². The summed E-state index contributed by atoms with van der Waals surface area (Å²) < 4.78 is 0. The topological polar surface area (TPSA) is 55.0 Å². The van der Waals surface area contributed by atoms with Gasteiger partial charge in [0.25, 0.3) is 0 Å². The van der Waals surface area contributed by atoms with Crippen molar-refractivity contribution in [3.8, 4) is 0 Å². The lowest BCUT2D eigenvalue weighted by Crippen LogP contribution is -2.21. The second-order valence-corrected chi connectivity index (χ2v) is 3.85. The van der Waals surface area contributed by atoms with Crippen molar-refractivity contribution < 1.29 is 0 Å². The lowest BCUT2D eigenvalue weighted by Gasteiger charge is -2.18. The van der Waals surface area contributed by atoms with Crippen LogP contribution in [0.1, 0.15) is 18.5 Å². The normalized spacial score (nSPS) is 16.3. The Morgan fingerprint density at radius 3 is 2.57 bits per heavy atom. The van der Waals surface area contributed by atoms with Crippen molar-refractivity contribution >= 4 is 23.1 Å². The molecule has 1 aliphatic heterocycles. The third-order valence-electron chi connectivity index (χ3n) is 2.49. The van der Waals surface area contributed by atoms with Crippen molar-refractivity contribution in [1.29, 1.82) is 0 Å². The van der Waals surface area contributed by atoms with Gasteiger partial charge in [-0.15, -0.1) is 0 Å². The SMILES string of the molecule is Cc1nc(Cl)nc(N2CCCC2)c1N. The number of anilines is 2. The molecular weight excluding hydrogens is 200 g/mol. The fourth-order valence-electron chi connectivity index (χ4n) is 1.70. The molecule has 4 nitrogen and oxygen atoms in total. The van der Waals surface area contributed by atoms with E-state index in [0.29, 0.717) is 5.69 Å². The van der Waals surface area contributed by atoms with Gasteiger partial charge >= 0.3 is 0 Å². The number of hydrogen-bond donors (Lipinski definition) is 1. The molecular formula is C9H13ClN4. The van der Waals surface area contributed by atoms with Gasteiger partial charge in [-0.1, -0.05) is 0 Å². The van der Waals surface area contributed by atoms with E-state index in [1.165, 1.54) is 12.8 Å². The van der Waals surface area contributed by atoms with Gasteiger partial charge in [-0.05, 0) is 31.4 Å². The molecule has 2 heterocycles. The molecule has 0 unspecified atom stereocenters. The molecule has 2 rings (SSSR count). The number of nitrogen functional groups attached to an aromatic ring is 1. The highest BCUT2D eigenvalue weighted by molar-refractivity contribution is 6.28. The van der Waals surface area contributed by atoms with Crippen molar-refractivity contribution in [3.05, 3.63) is 11.0 Å². The van der Waals surface area contributed by atoms with Crippen molar-refractivity contribution in [2.75, 3.05) is 23.7 Å². The van der Waals surface area contributed by atoms with Crippen LogP contribution in [-0.4, -0.2) is 23.1 Å². The van der Waals surface area contributed by atoms with Gasteiger partial charge in [0.2, 0.25) is 5.28 Å². The van der Waals surface area contributed by atoms with Crippen LogP contribution >= 0.6 is 11.6 Å². The van der Waals surface area contributed by atoms with Crippen LogP contribution in [0.3, 0.4) is 0 Å². The molecule has 76 valence electrons. The molecule has 1 aromatic rings. The molecule has 2 N–H and O–H groups in total. The van der Waals surface area contributed by atoms with E-state index in [1.807, 2.05) is 6.92 Å². The van der Waals surface area contributed by atoms with Gasteiger partial charge in [0.15, 0.2) is 5.82 Å². The molecule has 5 heteroatoms. The first-order chi connectivity index (χ1) is 6.68. The molecule has 0 aliphatic carbocycles. The lowest BCUT2D eigenvalue weighted by atomic mass is 10.3. The molecule has 0 saturated carbocycles. The molecule has 14 heavy (non-hydrogen) atoms. The standard InChI is InChI=1S/C9H13ClN4/c1-6-7(11)8(13-9(10)12-6)14-4-2-3-5-14/h2-5,11H2,1H3. The van der Waals surface area contributed by atoms with Gasteiger partial charge in [0, 0.05) is 13.1 Å². The third-order valence-corrected chi connectivity index (χ3v) is 2.66. The van der Waals surface area contributed by atoms with Crippen molar-refractivity contribution in [3.63, 3.8) is 0 Å². The maximum absolute atomic E-state index is 5.91. The zero-order valence-corrected chi connectivity index (χ0v) is 8.88. The predicted octanol–water partition coefficient (Wildman–Crippen LogP) is 1.62. The van der Waals surface area contributed by atoms with E-state index in [4.69, 9.17) is 17.3 Å². The van der Waals surface area contributed by atoms with E-state index < -0.39 is 0 Å². The Morgan fingerprint density at radius 1 is 1.29 bits per heavy atom. The van der Waals surface area contributed by atoms with Crippen LogP contribution < -0.4 is 10.6 Å². The molecule has 0 radical (unpaired) electrons. The van der Waals surface area contributed by atoms with Gasteiger partial charge in [-0.2, -0.15) is 4.98 Å². The Morgan fingerprint density at radius 2 is 1.93 bits per heavy atom. The molecule has 0 atom stereocenters. The van der Waals surface area contributed by atoms with Crippen LogP contribution in [0.25, 0.3) is 0 Å².